The van der Waals surface area contributed by atoms with Gasteiger partial charge in [-0.3, -0.25) is 4.57 Å². The highest BCUT2D eigenvalue weighted by molar-refractivity contribution is 7.55. The van der Waals surface area contributed by atoms with Crippen LogP contribution in [0.4, 0.5) is 0 Å². The highest BCUT2D eigenvalue weighted by Crippen LogP contribution is 2.40. The molecule has 4 atom stereocenters. The van der Waals surface area contributed by atoms with Gasteiger partial charge in [0.05, 0.1) is 18.3 Å². The second-order valence-corrected chi connectivity index (χ2v) is 6.23. The quantitative estimate of drug-likeness (QED) is 0.756. The van der Waals surface area contributed by atoms with Crippen molar-refractivity contribution in [2.24, 2.45) is 11.8 Å². The summed E-state index contributed by atoms with van der Waals surface area (Å²) in [5, 5.41) is 0. The summed E-state index contributed by atoms with van der Waals surface area (Å²) in [5.74, 6) is 1.34. The minimum absolute atomic E-state index is 0.0404. The van der Waals surface area contributed by atoms with E-state index in [4.69, 9.17) is 19.3 Å². The van der Waals surface area contributed by atoms with Gasteiger partial charge in [0, 0.05) is 18.8 Å². The van der Waals surface area contributed by atoms with Gasteiger partial charge < -0.3 is 19.3 Å². The Balaban J connectivity index is 2.85. The Kier molecular flexibility index (Phi) is 4.93. The topological polar surface area (TPSA) is 76.0 Å². The Labute approximate surface area is 102 Å². The fourth-order valence-corrected chi connectivity index (χ4v) is 2.79. The van der Waals surface area contributed by atoms with Crippen LogP contribution >= 0.6 is 7.60 Å². The molecule has 1 saturated heterocycles. The number of ether oxygens (including phenoxy) is 2. The fourth-order valence-electron chi connectivity index (χ4n) is 2.39. The van der Waals surface area contributed by atoms with Gasteiger partial charge in [-0.05, 0) is 18.9 Å². The van der Waals surface area contributed by atoms with E-state index in [1.165, 1.54) is 6.08 Å². The molecule has 1 heterocycles. The van der Waals surface area contributed by atoms with Gasteiger partial charge in [-0.15, -0.1) is 0 Å². The van der Waals surface area contributed by atoms with Crippen LogP contribution < -0.4 is 0 Å². The van der Waals surface area contributed by atoms with Crippen LogP contribution in [0.25, 0.3) is 0 Å². The Morgan fingerprint density at radius 1 is 1.41 bits per heavy atom. The van der Waals surface area contributed by atoms with Crippen molar-refractivity contribution in [2.75, 3.05) is 7.11 Å². The summed E-state index contributed by atoms with van der Waals surface area (Å²) in [6.45, 7) is 6.02. The third-order valence-electron chi connectivity index (χ3n) is 3.11. The molecule has 100 valence electrons. The second kappa shape index (κ2) is 5.63. The van der Waals surface area contributed by atoms with Crippen molar-refractivity contribution in [3.8, 4) is 0 Å². The van der Waals surface area contributed by atoms with Gasteiger partial charge in [0.15, 0.2) is 0 Å². The molecule has 0 radical (unpaired) electrons. The molecule has 17 heavy (non-hydrogen) atoms. The average Bonchev–Trinajstić information content (AvgIpc) is 2.50. The van der Waals surface area contributed by atoms with Crippen LogP contribution in [0.5, 0.6) is 0 Å². The Morgan fingerprint density at radius 2 is 2.00 bits per heavy atom. The monoisotopic (exact) mass is 264 g/mol. The molecule has 5 nitrogen and oxygen atoms in total. The van der Waals surface area contributed by atoms with Crippen molar-refractivity contribution in [2.45, 2.75) is 39.1 Å². The number of rotatable bonds is 4. The summed E-state index contributed by atoms with van der Waals surface area (Å²) in [4.78, 5) is 17.7. The van der Waals surface area contributed by atoms with E-state index in [0.717, 1.165) is 5.82 Å². The lowest BCUT2D eigenvalue weighted by Crippen LogP contribution is -2.31. The zero-order valence-corrected chi connectivity index (χ0v) is 11.5. The van der Waals surface area contributed by atoms with E-state index in [-0.39, 0.29) is 24.2 Å². The van der Waals surface area contributed by atoms with Crippen LogP contribution in [0.3, 0.4) is 0 Å². The van der Waals surface area contributed by atoms with Crippen LogP contribution in [-0.2, 0) is 14.0 Å². The molecule has 0 aliphatic carbocycles. The summed E-state index contributed by atoms with van der Waals surface area (Å²) in [5.41, 5.74) is 0. The van der Waals surface area contributed by atoms with Crippen LogP contribution in [0.2, 0.25) is 0 Å². The van der Waals surface area contributed by atoms with Crippen molar-refractivity contribution in [1.82, 2.24) is 0 Å². The molecule has 0 saturated carbocycles. The Bertz CT molecular complexity index is 322. The zero-order chi connectivity index (χ0) is 13.2. The molecule has 0 bridgehead atoms. The third-order valence-corrected chi connectivity index (χ3v) is 3.67. The van der Waals surface area contributed by atoms with Crippen molar-refractivity contribution in [3.05, 3.63) is 11.9 Å². The van der Waals surface area contributed by atoms with Crippen LogP contribution in [-0.4, -0.2) is 35.2 Å². The molecule has 0 amide bonds. The van der Waals surface area contributed by atoms with Gasteiger partial charge in [0.1, 0.15) is 0 Å². The summed E-state index contributed by atoms with van der Waals surface area (Å²) < 4.78 is 21.9. The lowest BCUT2D eigenvalue weighted by atomic mass is 9.86. The van der Waals surface area contributed by atoms with Crippen LogP contribution in [0, 0.1) is 11.8 Å². The van der Waals surface area contributed by atoms with Gasteiger partial charge in [-0.2, -0.15) is 0 Å². The molecule has 1 rings (SSSR count). The van der Waals surface area contributed by atoms with E-state index in [2.05, 4.69) is 13.8 Å². The van der Waals surface area contributed by atoms with E-state index in [0.29, 0.717) is 5.92 Å². The van der Waals surface area contributed by atoms with Crippen molar-refractivity contribution in [1.29, 1.82) is 0 Å². The summed E-state index contributed by atoms with van der Waals surface area (Å²) in [6, 6.07) is 0. The van der Waals surface area contributed by atoms with Gasteiger partial charge in [-0.1, -0.05) is 13.8 Å². The Hall–Kier alpha value is -0.190. The summed E-state index contributed by atoms with van der Waals surface area (Å²) in [6.07, 6.45) is 1.05. The minimum Gasteiger partial charge on any atom is -0.378 e. The van der Waals surface area contributed by atoms with Crippen molar-refractivity contribution < 1.29 is 23.8 Å². The molecule has 0 aromatic heterocycles. The minimum atomic E-state index is -4.12. The SMILES string of the molecule is CO[C@@H]1C(C(C)C)[C@@H](/C=C\P(=O)(O)O)O[C@H]1C. The number of hydrogen-bond acceptors (Lipinski definition) is 3. The van der Waals surface area contributed by atoms with Gasteiger partial charge >= 0.3 is 7.60 Å². The molecule has 1 aliphatic rings. The maximum absolute atomic E-state index is 10.8. The lowest BCUT2D eigenvalue weighted by Gasteiger charge is -2.24. The first kappa shape index (κ1) is 14.9. The zero-order valence-electron chi connectivity index (χ0n) is 10.6. The molecular weight excluding hydrogens is 243 g/mol. The van der Waals surface area contributed by atoms with Crippen molar-refractivity contribution >= 4 is 7.60 Å². The predicted octanol–water partition coefficient (Wildman–Crippen LogP) is 1.75. The van der Waals surface area contributed by atoms with Gasteiger partial charge in [-0.25, -0.2) is 0 Å². The normalized spacial score (nSPS) is 35.0. The lowest BCUT2D eigenvalue weighted by molar-refractivity contribution is 0.0104. The molecule has 1 aliphatic heterocycles. The van der Waals surface area contributed by atoms with E-state index in [1.807, 2.05) is 6.92 Å². The maximum atomic E-state index is 10.8. The first-order valence-electron chi connectivity index (χ1n) is 5.69. The third kappa shape index (κ3) is 3.90. The van der Waals surface area contributed by atoms with E-state index < -0.39 is 7.60 Å². The fraction of sp³-hybridized carbons (Fsp3) is 0.818. The summed E-state index contributed by atoms with van der Waals surface area (Å²) >= 11 is 0. The molecule has 2 N–H and O–H groups in total. The molecule has 0 aromatic carbocycles. The number of methoxy groups -OCH3 is 1. The largest absolute Gasteiger partial charge is 0.378 e. The van der Waals surface area contributed by atoms with E-state index >= 15 is 0 Å². The molecule has 6 heteroatoms. The molecule has 0 spiro atoms. The molecule has 1 fully saturated rings. The second-order valence-electron chi connectivity index (χ2n) is 4.76. The average molecular weight is 264 g/mol. The van der Waals surface area contributed by atoms with Crippen LogP contribution in [0.15, 0.2) is 11.9 Å². The Morgan fingerprint density at radius 3 is 2.41 bits per heavy atom. The molecular formula is C11H21O5P. The van der Waals surface area contributed by atoms with E-state index in [1.54, 1.807) is 7.11 Å². The van der Waals surface area contributed by atoms with Gasteiger partial charge in [0.25, 0.3) is 0 Å². The van der Waals surface area contributed by atoms with E-state index in [9.17, 15) is 4.57 Å². The molecule has 0 aromatic rings. The first-order valence-corrected chi connectivity index (χ1v) is 7.37. The van der Waals surface area contributed by atoms with Crippen molar-refractivity contribution in [3.63, 3.8) is 0 Å². The maximum Gasteiger partial charge on any atom is 0.348 e. The smallest absolute Gasteiger partial charge is 0.348 e. The molecule has 1 unspecified atom stereocenters. The number of hydrogen-bond donors (Lipinski definition) is 2. The predicted molar refractivity (Wildman–Crippen MR) is 64.6 cm³/mol. The van der Waals surface area contributed by atoms with Gasteiger partial charge in [0.2, 0.25) is 0 Å². The highest BCUT2D eigenvalue weighted by Gasteiger charge is 2.43. The first-order chi connectivity index (χ1) is 7.76. The summed E-state index contributed by atoms with van der Waals surface area (Å²) in [7, 11) is -2.49. The highest BCUT2D eigenvalue weighted by atomic mass is 31.2. The standard InChI is InChI=1S/C11H21O5P/c1-7(2)10-9(5-6-17(12,13)14)16-8(3)11(10)15-4/h5-11H,1-4H3,(H2,12,13,14)/b6-5-/t8-,9+,10?,11-/m0/s1. The van der Waals surface area contributed by atoms with Crippen LogP contribution in [0.1, 0.15) is 20.8 Å².